The summed E-state index contributed by atoms with van der Waals surface area (Å²) >= 11 is 0. The van der Waals surface area contributed by atoms with E-state index in [0.29, 0.717) is 19.3 Å². The quantitative estimate of drug-likeness (QED) is 0.445. The minimum atomic E-state index is -2.81. The number of hydrogen-bond donors (Lipinski definition) is 4. The lowest BCUT2D eigenvalue weighted by atomic mass is 9.75. The Hall–Kier alpha value is -1.57. The number of benzene rings is 1. The maximum atomic E-state index is 13.7. The van der Waals surface area contributed by atoms with Gasteiger partial charge >= 0.3 is 0 Å². The lowest BCUT2D eigenvalue weighted by Crippen LogP contribution is -2.44. The average Bonchev–Trinajstić information content (AvgIpc) is 2.58. The molecule has 0 spiro atoms. The van der Waals surface area contributed by atoms with Crippen LogP contribution in [-0.2, 0) is 11.2 Å². The molecule has 0 saturated heterocycles. The van der Waals surface area contributed by atoms with Crippen LogP contribution in [0.2, 0.25) is 0 Å². The Labute approximate surface area is 146 Å². The van der Waals surface area contributed by atoms with E-state index in [1.54, 1.807) is 5.48 Å². The summed E-state index contributed by atoms with van der Waals surface area (Å²) in [5.41, 5.74) is 8.52. The largest absolute Gasteiger partial charge is 0.391 e. The molecule has 0 bridgehead atoms. The Balaban J connectivity index is 2.01. The van der Waals surface area contributed by atoms with Crippen LogP contribution in [0.25, 0.3) is 0 Å². The van der Waals surface area contributed by atoms with E-state index in [0.717, 1.165) is 5.56 Å². The summed E-state index contributed by atoms with van der Waals surface area (Å²) in [5, 5.41) is 19.3. The molecule has 0 aromatic heterocycles. The van der Waals surface area contributed by atoms with Crippen molar-refractivity contribution in [2.24, 2.45) is 17.6 Å². The van der Waals surface area contributed by atoms with Crippen molar-refractivity contribution < 1.29 is 23.9 Å². The Bertz CT molecular complexity index is 557. The SMILES string of the molecule is NC(Cc1ccccc1)C(O)CC(C(=O)NO)C1CCCC(F)(F)C1. The van der Waals surface area contributed by atoms with Gasteiger partial charge in [0.2, 0.25) is 11.8 Å². The summed E-state index contributed by atoms with van der Waals surface area (Å²) in [6.07, 6.45) is -0.484. The van der Waals surface area contributed by atoms with Gasteiger partial charge in [0.15, 0.2) is 0 Å². The van der Waals surface area contributed by atoms with Gasteiger partial charge in [-0.15, -0.1) is 0 Å². The number of rotatable bonds is 7. The fourth-order valence-corrected chi connectivity index (χ4v) is 3.61. The standard InChI is InChI=1S/C18H26F2N2O3/c19-18(20)8-4-7-13(11-18)14(17(24)22-25)10-16(23)15(21)9-12-5-2-1-3-6-12/h1-3,5-6,13-16,23,25H,4,7-11,21H2,(H,22,24). The highest BCUT2D eigenvalue weighted by Crippen LogP contribution is 2.41. The third-order valence-electron chi connectivity index (χ3n) is 5.00. The number of aliphatic hydroxyl groups excluding tert-OH is 1. The Morgan fingerprint density at radius 3 is 2.64 bits per heavy atom. The first kappa shape index (κ1) is 19.8. The van der Waals surface area contributed by atoms with Gasteiger partial charge in [0.05, 0.1) is 6.10 Å². The van der Waals surface area contributed by atoms with E-state index in [1.807, 2.05) is 30.3 Å². The third kappa shape index (κ3) is 5.73. The predicted octanol–water partition coefficient (Wildman–Crippen LogP) is 2.25. The summed E-state index contributed by atoms with van der Waals surface area (Å²) in [6, 6.07) is 8.73. The summed E-state index contributed by atoms with van der Waals surface area (Å²) < 4.78 is 27.4. The molecule has 5 nitrogen and oxygen atoms in total. The van der Waals surface area contributed by atoms with Gasteiger partial charge in [-0.2, -0.15) is 0 Å². The van der Waals surface area contributed by atoms with Crippen molar-refractivity contribution in [3.05, 3.63) is 35.9 Å². The molecule has 2 rings (SSSR count). The zero-order valence-electron chi connectivity index (χ0n) is 14.1. The van der Waals surface area contributed by atoms with Crippen molar-refractivity contribution in [3.63, 3.8) is 0 Å². The van der Waals surface area contributed by atoms with Crippen LogP contribution >= 0.6 is 0 Å². The number of hydroxylamine groups is 1. The molecule has 0 radical (unpaired) electrons. The van der Waals surface area contributed by atoms with E-state index in [4.69, 9.17) is 10.9 Å². The minimum absolute atomic E-state index is 0.0544. The highest BCUT2D eigenvalue weighted by molar-refractivity contribution is 5.77. The van der Waals surface area contributed by atoms with Crippen LogP contribution in [0.1, 0.15) is 37.7 Å². The second kappa shape index (κ2) is 8.69. The molecule has 7 heteroatoms. The topological polar surface area (TPSA) is 95.6 Å². The van der Waals surface area contributed by atoms with Crippen molar-refractivity contribution in [1.82, 2.24) is 5.48 Å². The molecule has 1 aromatic rings. The van der Waals surface area contributed by atoms with Crippen LogP contribution in [0, 0.1) is 11.8 Å². The van der Waals surface area contributed by atoms with Crippen LogP contribution in [-0.4, -0.2) is 34.3 Å². The van der Waals surface area contributed by atoms with Crippen LogP contribution in [0.3, 0.4) is 0 Å². The number of nitrogens with two attached hydrogens (primary N) is 1. The van der Waals surface area contributed by atoms with Crippen molar-refractivity contribution in [2.75, 3.05) is 0 Å². The Morgan fingerprint density at radius 1 is 1.36 bits per heavy atom. The first-order valence-electron chi connectivity index (χ1n) is 8.62. The number of carbonyl (C=O) groups excluding carboxylic acids is 1. The molecule has 4 unspecified atom stereocenters. The number of alkyl halides is 2. The van der Waals surface area contributed by atoms with E-state index < -0.39 is 42.2 Å². The summed E-state index contributed by atoms with van der Waals surface area (Å²) in [5.74, 6) is -5.04. The van der Waals surface area contributed by atoms with Gasteiger partial charge < -0.3 is 10.8 Å². The van der Waals surface area contributed by atoms with E-state index >= 15 is 0 Å². The second-order valence-corrected chi connectivity index (χ2v) is 6.95. The molecular weight excluding hydrogens is 330 g/mol. The van der Waals surface area contributed by atoms with Crippen LogP contribution < -0.4 is 11.2 Å². The van der Waals surface area contributed by atoms with Gasteiger partial charge in [-0.3, -0.25) is 10.0 Å². The van der Waals surface area contributed by atoms with Crippen LogP contribution in [0.4, 0.5) is 8.78 Å². The molecule has 0 heterocycles. The number of aliphatic hydroxyl groups is 1. The fourth-order valence-electron chi connectivity index (χ4n) is 3.61. The monoisotopic (exact) mass is 356 g/mol. The lowest BCUT2D eigenvalue weighted by Gasteiger charge is -2.34. The fraction of sp³-hybridized carbons (Fsp3) is 0.611. The van der Waals surface area contributed by atoms with Crippen LogP contribution in [0.5, 0.6) is 0 Å². The molecular formula is C18H26F2N2O3. The highest BCUT2D eigenvalue weighted by atomic mass is 19.3. The van der Waals surface area contributed by atoms with Gasteiger partial charge in [0.25, 0.3) is 0 Å². The van der Waals surface area contributed by atoms with Crippen LogP contribution in [0.15, 0.2) is 30.3 Å². The van der Waals surface area contributed by atoms with Gasteiger partial charge in [0.1, 0.15) is 0 Å². The van der Waals surface area contributed by atoms with Crippen molar-refractivity contribution >= 4 is 5.91 Å². The van der Waals surface area contributed by atoms with Crippen molar-refractivity contribution in [3.8, 4) is 0 Å². The minimum Gasteiger partial charge on any atom is -0.391 e. The Morgan fingerprint density at radius 2 is 2.04 bits per heavy atom. The number of halogens is 2. The second-order valence-electron chi connectivity index (χ2n) is 6.95. The summed E-state index contributed by atoms with van der Waals surface area (Å²) in [6.45, 7) is 0. The summed E-state index contributed by atoms with van der Waals surface area (Å²) in [4.78, 5) is 12.0. The van der Waals surface area contributed by atoms with E-state index in [9.17, 15) is 18.7 Å². The first-order chi connectivity index (χ1) is 11.8. The van der Waals surface area contributed by atoms with Crippen molar-refractivity contribution in [1.29, 1.82) is 0 Å². The van der Waals surface area contributed by atoms with E-state index in [1.165, 1.54) is 0 Å². The number of carbonyl (C=O) groups is 1. The zero-order valence-corrected chi connectivity index (χ0v) is 14.1. The lowest BCUT2D eigenvalue weighted by molar-refractivity contribution is -0.140. The average molecular weight is 356 g/mol. The molecule has 5 N–H and O–H groups in total. The van der Waals surface area contributed by atoms with Gasteiger partial charge in [0, 0.05) is 24.8 Å². The molecule has 25 heavy (non-hydrogen) atoms. The molecule has 1 fully saturated rings. The van der Waals surface area contributed by atoms with Gasteiger partial charge in [-0.05, 0) is 37.2 Å². The van der Waals surface area contributed by atoms with Gasteiger partial charge in [-0.1, -0.05) is 30.3 Å². The van der Waals surface area contributed by atoms with Crippen molar-refractivity contribution in [2.45, 2.75) is 56.6 Å². The van der Waals surface area contributed by atoms with E-state index in [2.05, 4.69) is 0 Å². The molecule has 1 aliphatic rings. The maximum Gasteiger partial charge on any atom is 0.248 e. The maximum absolute atomic E-state index is 13.7. The molecule has 0 aliphatic heterocycles. The third-order valence-corrected chi connectivity index (χ3v) is 5.00. The molecule has 1 aliphatic carbocycles. The molecule has 1 amide bonds. The summed E-state index contributed by atoms with van der Waals surface area (Å²) in [7, 11) is 0. The number of amides is 1. The smallest absolute Gasteiger partial charge is 0.248 e. The Kier molecular flexibility index (Phi) is 6.87. The first-order valence-corrected chi connectivity index (χ1v) is 8.62. The zero-order chi connectivity index (χ0) is 18.4. The molecule has 1 saturated carbocycles. The number of hydrogen-bond acceptors (Lipinski definition) is 4. The molecule has 140 valence electrons. The number of nitrogens with one attached hydrogen (secondary N) is 1. The highest BCUT2D eigenvalue weighted by Gasteiger charge is 2.42. The predicted molar refractivity (Wildman–Crippen MR) is 89.1 cm³/mol. The van der Waals surface area contributed by atoms with E-state index in [-0.39, 0.29) is 12.8 Å². The molecule has 1 aromatic carbocycles. The van der Waals surface area contributed by atoms with Gasteiger partial charge in [-0.25, -0.2) is 14.3 Å². The molecule has 4 atom stereocenters. The normalized spacial score (nSPS) is 23.5.